The van der Waals surface area contributed by atoms with E-state index in [1.165, 1.54) is 6.20 Å². The molecule has 0 radical (unpaired) electrons. The van der Waals surface area contributed by atoms with Crippen molar-refractivity contribution in [2.24, 2.45) is 5.92 Å². The Morgan fingerprint density at radius 2 is 1.80 bits per heavy atom. The SMILES string of the molecule is N=C(/C(COCC1(F)CCN(c2ccc3c(C(=O)O)cn(CCO)c3c2)CC1)=C(\O)C1CC1)c1c(Cl)cccc1Cl. The lowest BCUT2D eigenvalue weighted by atomic mass is 9.93. The predicted molar refractivity (Wildman–Crippen MR) is 158 cm³/mol. The monoisotopic (exact) mass is 603 g/mol. The molecule has 218 valence electrons. The van der Waals surface area contributed by atoms with Crippen molar-refractivity contribution < 1.29 is 29.2 Å². The van der Waals surface area contributed by atoms with Crippen LogP contribution in [-0.4, -0.2) is 70.1 Å². The van der Waals surface area contributed by atoms with Gasteiger partial charge in [-0.1, -0.05) is 29.3 Å². The second-order valence-corrected chi connectivity index (χ2v) is 11.5. The Labute approximate surface area is 247 Å². The molecule has 4 N–H and O–H groups in total. The van der Waals surface area contributed by atoms with Crippen LogP contribution in [0.4, 0.5) is 10.1 Å². The first kappa shape index (κ1) is 29.4. The van der Waals surface area contributed by atoms with Crippen molar-refractivity contribution in [2.75, 3.05) is 37.8 Å². The van der Waals surface area contributed by atoms with Gasteiger partial charge in [0.05, 0.1) is 46.7 Å². The molecule has 2 heterocycles. The molecule has 1 aliphatic carbocycles. The number of hydrogen-bond acceptors (Lipinski definition) is 6. The van der Waals surface area contributed by atoms with Crippen LogP contribution in [0, 0.1) is 11.3 Å². The maximum atomic E-state index is 15.8. The van der Waals surface area contributed by atoms with Gasteiger partial charge in [0.2, 0.25) is 0 Å². The number of hydrogen-bond donors (Lipinski definition) is 4. The number of anilines is 1. The van der Waals surface area contributed by atoms with E-state index in [2.05, 4.69) is 0 Å². The van der Waals surface area contributed by atoms with Crippen molar-refractivity contribution in [2.45, 2.75) is 37.9 Å². The Hall–Kier alpha value is -3.11. The summed E-state index contributed by atoms with van der Waals surface area (Å²) in [6.07, 6.45) is 3.58. The van der Waals surface area contributed by atoms with Crippen LogP contribution in [0.25, 0.3) is 10.9 Å². The second-order valence-electron chi connectivity index (χ2n) is 10.7. The maximum Gasteiger partial charge on any atom is 0.337 e. The topological polar surface area (TPSA) is 119 Å². The molecule has 1 saturated heterocycles. The van der Waals surface area contributed by atoms with Crippen LogP contribution in [0.2, 0.25) is 10.0 Å². The van der Waals surface area contributed by atoms with Crippen molar-refractivity contribution in [1.29, 1.82) is 5.41 Å². The first-order valence-corrected chi connectivity index (χ1v) is 14.3. The first-order valence-electron chi connectivity index (χ1n) is 13.6. The van der Waals surface area contributed by atoms with Crippen LogP contribution in [0.15, 0.2) is 53.9 Å². The summed E-state index contributed by atoms with van der Waals surface area (Å²) < 4.78 is 23.3. The Morgan fingerprint density at radius 3 is 2.41 bits per heavy atom. The highest BCUT2D eigenvalue weighted by atomic mass is 35.5. The van der Waals surface area contributed by atoms with Crippen molar-refractivity contribution in [1.82, 2.24) is 4.57 Å². The molecule has 41 heavy (non-hydrogen) atoms. The third-order valence-electron chi connectivity index (χ3n) is 7.86. The fourth-order valence-electron chi connectivity index (χ4n) is 5.35. The zero-order valence-electron chi connectivity index (χ0n) is 22.4. The van der Waals surface area contributed by atoms with Gasteiger partial charge in [-0.3, -0.25) is 5.41 Å². The fourth-order valence-corrected chi connectivity index (χ4v) is 5.94. The Morgan fingerprint density at radius 1 is 1.12 bits per heavy atom. The van der Waals surface area contributed by atoms with Crippen LogP contribution in [0.5, 0.6) is 0 Å². The molecule has 0 amide bonds. The first-order chi connectivity index (χ1) is 19.6. The molecule has 1 saturated carbocycles. The zero-order valence-corrected chi connectivity index (χ0v) is 23.9. The van der Waals surface area contributed by atoms with Gasteiger partial charge in [0, 0.05) is 66.8 Å². The number of fused-ring (bicyclic) bond motifs is 1. The number of nitrogens with zero attached hydrogens (tertiary/aromatic N) is 2. The van der Waals surface area contributed by atoms with Crippen molar-refractivity contribution in [3.63, 3.8) is 0 Å². The average Bonchev–Trinajstić information content (AvgIpc) is 3.73. The van der Waals surface area contributed by atoms with Gasteiger partial charge in [0.1, 0.15) is 11.4 Å². The third-order valence-corrected chi connectivity index (χ3v) is 8.49. The molecule has 2 fully saturated rings. The van der Waals surface area contributed by atoms with E-state index in [9.17, 15) is 20.1 Å². The molecule has 1 aliphatic heterocycles. The maximum absolute atomic E-state index is 15.8. The Bertz CT molecular complexity index is 1490. The molecule has 1 aromatic heterocycles. The van der Waals surface area contributed by atoms with Crippen molar-refractivity contribution >= 4 is 51.5 Å². The van der Waals surface area contributed by atoms with E-state index >= 15 is 4.39 Å². The number of piperidine rings is 1. The summed E-state index contributed by atoms with van der Waals surface area (Å²) in [5.74, 6) is -1.01. The van der Waals surface area contributed by atoms with Gasteiger partial charge in [-0.2, -0.15) is 0 Å². The smallest absolute Gasteiger partial charge is 0.337 e. The summed E-state index contributed by atoms with van der Waals surface area (Å²) in [7, 11) is 0. The number of halogens is 3. The lowest BCUT2D eigenvalue weighted by Crippen LogP contribution is -2.44. The van der Waals surface area contributed by atoms with E-state index in [0.717, 1.165) is 18.5 Å². The minimum atomic E-state index is -1.58. The molecule has 2 aliphatic rings. The Balaban J connectivity index is 1.25. The third kappa shape index (κ3) is 6.23. The number of ether oxygens (including phenoxy) is 1. The number of aromatic nitrogens is 1. The van der Waals surface area contributed by atoms with Crippen LogP contribution in [-0.2, 0) is 11.3 Å². The molecular formula is C30H32Cl2FN3O5. The second kappa shape index (κ2) is 12.0. The van der Waals surface area contributed by atoms with Gasteiger partial charge in [-0.15, -0.1) is 0 Å². The predicted octanol–water partition coefficient (Wildman–Crippen LogP) is 6.25. The molecule has 2 aromatic carbocycles. The highest BCUT2D eigenvalue weighted by Crippen LogP contribution is 2.39. The molecule has 8 nitrogen and oxygen atoms in total. The quantitative estimate of drug-likeness (QED) is 0.152. The number of aromatic carboxylic acids is 1. The summed E-state index contributed by atoms with van der Waals surface area (Å²) in [4.78, 5) is 13.7. The lowest BCUT2D eigenvalue weighted by Gasteiger charge is -2.37. The number of nitrogens with one attached hydrogen (secondary N) is 1. The number of allylic oxidation sites excluding steroid dienone is 1. The van der Waals surface area contributed by atoms with E-state index in [1.807, 2.05) is 17.0 Å². The molecule has 0 atom stereocenters. The van der Waals surface area contributed by atoms with Crippen LogP contribution < -0.4 is 4.90 Å². The van der Waals surface area contributed by atoms with Crippen LogP contribution >= 0.6 is 23.2 Å². The van der Waals surface area contributed by atoms with Gasteiger partial charge in [-0.25, -0.2) is 9.18 Å². The van der Waals surface area contributed by atoms with E-state index in [1.54, 1.807) is 28.8 Å². The summed E-state index contributed by atoms with van der Waals surface area (Å²) in [6, 6.07) is 10.4. The largest absolute Gasteiger partial charge is 0.512 e. The number of alkyl halides is 1. The molecular weight excluding hydrogens is 572 g/mol. The number of aliphatic hydroxyl groups is 2. The lowest BCUT2D eigenvalue weighted by molar-refractivity contribution is 0.00816. The molecule has 3 aromatic rings. The van der Waals surface area contributed by atoms with Crippen molar-refractivity contribution in [3.8, 4) is 0 Å². The number of carboxylic acids is 1. The van der Waals surface area contributed by atoms with Gasteiger partial charge in [0.15, 0.2) is 0 Å². The minimum absolute atomic E-state index is 0.0277. The minimum Gasteiger partial charge on any atom is -0.512 e. The van der Waals surface area contributed by atoms with Gasteiger partial charge in [-0.05, 0) is 43.2 Å². The van der Waals surface area contributed by atoms with E-state index in [-0.39, 0.29) is 67.7 Å². The van der Waals surface area contributed by atoms with Crippen LogP contribution in [0.3, 0.4) is 0 Å². The van der Waals surface area contributed by atoms with E-state index in [4.69, 9.17) is 33.3 Å². The summed E-state index contributed by atoms with van der Waals surface area (Å²) in [5.41, 5.74) is 0.679. The van der Waals surface area contributed by atoms with Crippen LogP contribution in [0.1, 0.15) is 41.6 Å². The average molecular weight is 605 g/mol. The van der Waals surface area contributed by atoms with E-state index < -0.39 is 11.6 Å². The summed E-state index contributed by atoms with van der Waals surface area (Å²) in [6.45, 7) is 0.680. The number of aliphatic hydroxyl groups excluding tert-OH is 2. The zero-order chi connectivity index (χ0) is 29.3. The molecule has 11 heteroatoms. The Kier molecular flexibility index (Phi) is 8.61. The molecule has 5 rings (SSSR count). The van der Waals surface area contributed by atoms with E-state index in [0.29, 0.717) is 39.6 Å². The van der Waals surface area contributed by atoms with Gasteiger partial charge < -0.3 is 29.5 Å². The number of rotatable bonds is 11. The summed E-state index contributed by atoms with van der Waals surface area (Å²) >= 11 is 12.6. The van der Waals surface area contributed by atoms with Crippen molar-refractivity contribution in [3.05, 3.63) is 75.1 Å². The normalized spacial score (nSPS) is 17.5. The summed E-state index contributed by atoms with van der Waals surface area (Å²) in [5, 5.41) is 39.6. The number of carbonyl (C=O) groups is 1. The highest BCUT2D eigenvalue weighted by molar-refractivity contribution is 6.41. The molecule has 0 bridgehead atoms. The van der Waals surface area contributed by atoms with Gasteiger partial charge >= 0.3 is 5.97 Å². The highest BCUT2D eigenvalue weighted by Gasteiger charge is 2.36. The fraction of sp³-hybridized carbons (Fsp3) is 0.400. The molecule has 0 spiro atoms. The van der Waals surface area contributed by atoms with Gasteiger partial charge in [0.25, 0.3) is 0 Å². The number of benzene rings is 2. The molecule has 0 unspecified atom stereocenters. The standard InChI is InChI=1S/C30H32Cl2FN3O5/c31-23-2-1-3-24(32)26(23)27(34)22(28(38)18-4-5-18)16-41-17-30(33)8-10-35(11-9-30)19-6-7-20-21(29(39)40)15-36(12-13-37)25(20)14-19/h1-3,6-7,14-15,18,34,37-38H,4-5,8-13,16-17H2,(H,39,40)/b28-22-,34-27?. The number of carboxylic acid groups (broad SMARTS) is 1.